The van der Waals surface area contributed by atoms with Crippen LogP contribution in [0.2, 0.25) is 0 Å². The van der Waals surface area contributed by atoms with Gasteiger partial charge in [-0.2, -0.15) is 5.10 Å². The van der Waals surface area contributed by atoms with Gasteiger partial charge in [-0.1, -0.05) is 109 Å². The molecule has 3 heteroatoms. The summed E-state index contributed by atoms with van der Waals surface area (Å²) in [5.74, 6) is 0. The predicted molar refractivity (Wildman–Crippen MR) is 157 cm³/mol. The Bertz CT molecular complexity index is 1400. The molecular formula is C34H29N3. The van der Waals surface area contributed by atoms with E-state index in [-0.39, 0.29) is 0 Å². The molecule has 0 N–H and O–H groups in total. The van der Waals surface area contributed by atoms with Crippen molar-refractivity contribution in [2.45, 2.75) is 0 Å². The summed E-state index contributed by atoms with van der Waals surface area (Å²) in [7, 11) is 1.96. The molecule has 0 amide bonds. The SMILES string of the molecule is CN(/N=C/c1ccc(N(C=C(c2ccccc2)c2ccccc2)c2ccccc2)cc1)c1ccccc1. The fourth-order valence-electron chi connectivity index (χ4n) is 4.15. The Hall–Kier alpha value is -4.89. The van der Waals surface area contributed by atoms with Crippen molar-refractivity contribution in [3.05, 3.63) is 168 Å². The number of nitrogens with zero attached hydrogens (tertiary/aromatic N) is 3. The first-order valence-electron chi connectivity index (χ1n) is 12.4. The maximum atomic E-state index is 4.61. The Labute approximate surface area is 219 Å². The Morgan fingerprint density at radius 2 is 0.946 bits per heavy atom. The lowest BCUT2D eigenvalue weighted by atomic mass is 9.98. The van der Waals surface area contributed by atoms with Crippen molar-refractivity contribution >= 4 is 28.8 Å². The highest BCUT2D eigenvalue weighted by Crippen LogP contribution is 2.31. The molecule has 3 nitrogen and oxygen atoms in total. The molecule has 5 aromatic carbocycles. The summed E-state index contributed by atoms with van der Waals surface area (Å²) in [4.78, 5) is 2.24. The molecular weight excluding hydrogens is 450 g/mol. The van der Waals surface area contributed by atoms with E-state index in [2.05, 4.69) is 125 Å². The van der Waals surface area contributed by atoms with Crippen LogP contribution in [0.5, 0.6) is 0 Å². The number of anilines is 3. The van der Waals surface area contributed by atoms with E-state index in [4.69, 9.17) is 0 Å². The number of benzene rings is 5. The van der Waals surface area contributed by atoms with Crippen molar-refractivity contribution in [2.24, 2.45) is 5.10 Å². The standard InChI is InChI=1S/C34H29N3/c1-36(31-18-10-4-11-19-31)35-26-28-22-24-33(25-23-28)37(32-20-12-5-13-21-32)27-34(29-14-6-2-7-15-29)30-16-8-3-9-17-30/h2-27H,1H3/b35-26+. The maximum absolute atomic E-state index is 4.61. The van der Waals surface area contributed by atoms with Crippen LogP contribution >= 0.6 is 0 Å². The van der Waals surface area contributed by atoms with Gasteiger partial charge in [0, 0.05) is 30.2 Å². The molecule has 0 aliphatic carbocycles. The van der Waals surface area contributed by atoms with Crippen LogP contribution in [0.15, 0.2) is 157 Å². The van der Waals surface area contributed by atoms with Gasteiger partial charge in [-0.15, -0.1) is 0 Å². The number of hydrogen-bond acceptors (Lipinski definition) is 3. The molecule has 0 atom stereocenters. The number of hydrogen-bond donors (Lipinski definition) is 0. The monoisotopic (exact) mass is 479 g/mol. The highest BCUT2D eigenvalue weighted by molar-refractivity contribution is 5.85. The summed E-state index contributed by atoms with van der Waals surface area (Å²) in [6.45, 7) is 0. The largest absolute Gasteiger partial charge is 0.317 e. The molecule has 0 bridgehead atoms. The van der Waals surface area contributed by atoms with Crippen molar-refractivity contribution in [1.82, 2.24) is 0 Å². The molecule has 0 saturated heterocycles. The molecule has 5 aromatic rings. The van der Waals surface area contributed by atoms with Gasteiger partial charge in [-0.3, -0.25) is 5.01 Å². The quantitative estimate of drug-likeness (QED) is 0.164. The maximum Gasteiger partial charge on any atom is 0.0590 e. The Morgan fingerprint density at radius 1 is 0.514 bits per heavy atom. The molecule has 0 aliphatic heterocycles. The first kappa shape index (κ1) is 23.8. The lowest BCUT2D eigenvalue weighted by Crippen LogP contribution is -2.10. The summed E-state index contributed by atoms with van der Waals surface area (Å²) in [5.41, 5.74) is 7.74. The van der Waals surface area contributed by atoms with Crippen LogP contribution in [0.25, 0.3) is 5.57 Å². The Kier molecular flexibility index (Phi) is 7.53. The smallest absolute Gasteiger partial charge is 0.0590 e. The van der Waals surface area contributed by atoms with Crippen molar-refractivity contribution in [2.75, 3.05) is 17.0 Å². The molecule has 0 fully saturated rings. The highest BCUT2D eigenvalue weighted by Gasteiger charge is 2.12. The first-order chi connectivity index (χ1) is 18.3. The molecule has 0 aliphatic rings. The molecule has 0 unspecified atom stereocenters. The van der Waals surface area contributed by atoms with E-state index in [0.717, 1.165) is 28.2 Å². The number of hydrazone groups is 1. The Balaban J connectivity index is 1.50. The minimum absolute atomic E-state index is 1.04. The molecule has 0 radical (unpaired) electrons. The van der Waals surface area contributed by atoms with Crippen molar-refractivity contribution in [3.63, 3.8) is 0 Å². The fourth-order valence-corrected chi connectivity index (χ4v) is 4.15. The summed E-state index contributed by atoms with van der Waals surface area (Å²) < 4.78 is 0. The van der Waals surface area contributed by atoms with Gasteiger partial charge in [0.2, 0.25) is 0 Å². The second kappa shape index (κ2) is 11.7. The van der Waals surface area contributed by atoms with E-state index in [1.165, 1.54) is 11.1 Å². The second-order valence-electron chi connectivity index (χ2n) is 8.68. The number of para-hydroxylation sites is 2. The molecule has 0 spiro atoms. The van der Waals surface area contributed by atoms with Gasteiger partial charge < -0.3 is 4.90 Å². The van der Waals surface area contributed by atoms with Gasteiger partial charge >= 0.3 is 0 Å². The van der Waals surface area contributed by atoms with Crippen LogP contribution in [-0.4, -0.2) is 13.3 Å². The third kappa shape index (κ3) is 6.03. The molecule has 5 rings (SSSR count). The average Bonchev–Trinajstić information content (AvgIpc) is 2.99. The average molecular weight is 480 g/mol. The zero-order valence-electron chi connectivity index (χ0n) is 20.9. The van der Waals surface area contributed by atoms with E-state index >= 15 is 0 Å². The lowest BCUT2D eigenvalue weighted by Gasteiger charge is -2.23. The summed E-state index contributed by atoms with van der Waals surface area (Å²) >= 11 is 0. The van der Waals surface area contributed by atoms with E-state index in [1.807, 2.05) is 54.7 Å². The Morgan fingerprint density at radius 3 is 1.46 bits per heavy atom. The van der Waals surface area contributed by atoms with Crippen LogP contribution < -0.4 is 9.91 Å². The zero-order valence-corrected chi connectivity index (χ0v) is 20.9. The van der Waals surface area contributed by atoms with E-state index in [1.54, 1.807) is 0 Å². The summed E-state index contributed by atoms with van der Waals surface area (Å²) in [6.07, 6.45) is 4.12. The van der Waals surface area contributed by atoms with Crippen molar-refractivity contribution in [1.29, 1.82) is 0 Å². The minimum atomic E-state index is 1.04. The van der Waals surface area contributed by atoms with Gasteiger partial charge in [0.15, 0.2) is 0 Å². The second-order valence-corrected chi connectivity index (χ2v) is 8.68. The molecule has 0 heterocycles. The van der Waals surface area contributed by atoms with E-state index in [0.29, 0.717) is 0 Å². The first-order valence-corrected chi connectivity index (χ1v) is 12.4. The lowest BCUT2D eigenvalue weighted by molar-refractivity contribution is 1.02. The van der Waals surface area contributed by atoms with Crippen LogP contribution in [-0.2, 0) is 0 Å². The molecule has 0 saturated carbocycles. The van der Waals surface area contributed by atoms with E-state index < -0.39 is 0 Å². The van der Waals surface area contributed by atoms with E-state index in [9.17, 15) is 0 Å². The van der Waals surface area contributed by atoms with Gasteiger partial charge in [0.05, 0.1) is 11.9 Å². The topological polar surface area (TPSA) is 18.8 Å². The number of rotatable bonds is 8. The van der Waals surface area contributed by atoms with Gasteiger partial charge in [0.1, 0.15) is 0 Å². The van der Waals surface area contributed by atoms with Crippen LogP contribution in [0.1, 0.15) is 16.7 Å². The third-order valence-electron chi connectivity index (χ3n) is 6.14. The van der Waals surface area contributed by atoms with Gasteiger partial charge in [-0.25, -0.2) is 0 Å². The normalized spacial score (nSPS) is 10.7. The third-order valence-corrected chi connectivity index (χ3v) is 6.14. The highest BCUT2D eigenvalue weighted by atomic mass is 15.4. The summed E-state index contributed by atoms with van der Waals surface area (Å²) in [6, 6.07) is 50.1. The summed E-state index contributed by atoms with van der Waals surface area (Å²) in [5, 5.41) is 6.48. The molecule has 180 valence electrons. The molecule has 37 heavy (non-hydrogen) atoms. The predicted octanol–water partition coefficient (Wildman–Crippen LogP) is 8.38. The van der Waals surface area contributed by atoms with Gasteiger partial charge in [0.25, 0.3) is 0 Å². The van der Waals surface area contributed by atoms with Gasteiger partial charge in [-0.05, 0) is 53.1 Å². The fraction of sp³-hybridized carbons (Fsp3) is 0.0294. The van der Waals surface area contributed by atoms with Crippen LogP contribution in [0, 0.1) is 0 Å². The zero-order chi connectivity index (χ0) is 25.3. The van der Waals surface area contributed by atoms with Crippen molar-refractivity contribution < 1.29 is 0 Å². The van der Waals surface area contributed by atoms with Crippen molar-refractivity contribution in [3.8, 4) is 0 Å². The minimum Gasteiger partial charge on any atom is -0.317 e. The van der Waals surface area contributed by atoms with Crippen LogP contribution in [0.4, 0.5) is 17.1 Å². The molecule has 0 aromatic heterocycles. The van der Waals surface area contributed by atoms with Crippen LogP contribution in [0.3, 0.4) is 0 Å².